The van der Waals surface area contributed by atoms with Crippen molar-refractivity contribution in [2.45, 2.75) is 64.6 Å². The fourth-order valence-electron chi connectivity index (χ4n) is 4.69. The minimum absolute atomic E-state index is 0.000177. The molecule has 1 unspecified atom stereocenters. The number of phenolic OH excluding ortho intramolecular Hbond substituents is 2. The maximum absolute atomic E-state index is 13.7. The van der Waals surface area contributed by atoms with Crippen LogP contribution >= 0.6 is 0 Å². The molecule has 34 heavy (non-hydrogen) atoms. The van der Waals surface area contributed by atoms with Gasteiger partial charge in [0.15, 0.2) is 17.2 Å². The number of rotatable bonds is 5. The first-order valence-electron chi connectivity index (χ1n) is 11.6. The monoisotopic (exact) mass is 470 g/mol. The predicted octanol–water partition coefficient (Wildman–Crippen LogP) is 2.59. The molecule has 3 N–H and O–H groups in total. The fraction of sp³-hybridized carbons (Fsp3) is 0.500. The van der Waals surface area contributed by atoms with Crippen molar-refractivity contribution in [1.29, 1.82) is 0 Å². The second-order valence-electron chi connectivity index (χ2n) is 9.31. The molecule has 0 radical (unpaired) electrons. The van der Waals surface area contributed by atoms with Crippen molar-refractivity contribution < 1.29 is 29.3 Å². The zero-order chi connectivity index (χ0) is 24.6. The average molecular weight is 471 g/mol. The molecular formula is C24H30N4O6. The van der Waals surface area contributed by atoms with Gasteiger partial charge in [0.2, 0.25) is 5.91 Å². The molecule has 0 spiro atoms. The van der Waals surface area contributed by atoms with E-state index in [1.54, 1.807) is 13.8 Å². The van der Waals surface area contributed by atoms with E-state index in [-0.39, 0.29) is 47.9 Å². The van der Waals surface area contributed by atoms with Crippen LogP contribution in [0.1, 0.15) is 67.4 Å². The van der Waals surface area contributed by atoms with Crippen LogP contribution in [-0.4, -0.2) is 56.0 Å². The number of anilines is 1. The number of amides is 2. The lowest BCUT2D eigenvalue weighted by atomic mass is 9.86. The Morgan fingerprint density at radius 3 is 2.53 bits per heavy atom. The number of phenols is 2. The number of aromatic hydroxyl groups is 2. The number of fused-ring (bicyclic) bond motifs is 1. The summed E-state index contributed by atoms with van der Waals surface area (Å²) in [5.41, 5.74) is -1.08. The topological polar surface area (TPSA) is 134 Å². The molecule has 4 rings (SSSR count). The van der Waals surface area contributed by atoms with Crippen LogP contribution in [0.5, 0.6) is 11.5 Å². The normalized spacial score (nSPS) is 24.4. The minimum Gasteiger partial charge on any atom is -0.504 e. The van der Waals surface area contributed by atoms with Gasteiger partial charge in [-0.2, -0.15) is 5.10 Å². The van der Waals surface area contributed by atoms with Gasteiger partial charge < -0.3 is 20.3 Å². The van der Waals surface area contributed by atoms with Gasteiger partial charge in [-0.3, -0.25) is 19.2 Å². The number of hydrogen-bond acceptors (Lipinski definition) is 7. The molecule has 0 bridgehead atoms. The second-order valence-corrected chi connectivity index (χ2v) is 9.31. The van der Waals surface area contributed by atoms with Crippen molar-refractivity contribution in [3.8, 4) is 11.5 Å². The number of benzene rings is 1. The van der Waals surface area contributed by atoms with E-state index in [0.717, 1.165) is 25.7 Å². The SMILES string of the molecule is CCOC(=O)c1cc2n(n1)CC(C)(C(=O)NC1CCC(C)CC1)N(c1ccc(O)c(O)c1)C2=O. The van der Waals surface area contributed by atoms with Gasteiger partial charge in [0, 0.05) is 23.9 Å². The van der Waals surface area contributed by atoms with Gasteiger partial charge in [0.1, 0.15) is 11.2 Å². The van der Waals surface area contributed by atoms with Gasteiger partial charge in [-0.05, 0) is 57.6 Å². The van der Waals surface area contributed by atoms with E-state index in [0.29, 0.717) is 5.92 Å². The largest absolute Gasteiger partial charge is 0.504 e. The first kappa shape index (κ1) is 23.6. The summed E-state index contributed by atoms with van der Waals surface area (Å²) in [7, 11) is 0. The van der Waals surface area contributed by atoms with Gasteiger partial charge >= 0.3 is 5.97 Å². The number of carbonyl (C=O) groups is 3. The summed E-state index contributed by atoms with van der Waals surface area (Å²) < 4.78 is 6.37. The maximum atomic E-state index is 13.7. The predicted molar refractivity (Wildman–Crippen MR) is 123 cm³/mol. The van der Waals surface area contributed by atoms with Gasteiger partial charge in [-0.1, -0.05) is 6.92 Å². The molecule has 182 valence electrons. The molecule has 2 aliphatic rings. The molecule has 1 fully saturated rings. The molecule has 10 heteroatoms. The number of nitrogens with zero attached hydrogens (tertiary/aromatic N) is 3. The zero-order valence-corrected chi connectivity index (χ0v) is 19.6. The highest BCUT2D eigenvalue weighted by atomic mass is 16.5. The smallest absolute Gasteiger partial charge is 0.358 e. The molecule has 2 aromatic rings. The van der Waals surface area contributed by atoms with Gasteiger partial charge in [-0.15, -0.1) is 0 Å². The Bertz CT molecular complexity index is 1120. The third-order valence-corrected chi connectivity index (χ3v) is 6.70. The first-order chi connectivity index (χ1) is 16.1. The number of ether oxygens (including phenoxy) is 1. The number of hydrogen-bond donors (Lipinski definition) is 3. The van der Waals surface area contributed by atoms with Crippen LogP contribution in [-0.2, 0) is 16.1 Å². The molecule has 10 nitrogen and oxygen atoms in total. The van der Waals surface area contributed by atoms with Crippen molar-refractivity contribution >= 4 is 23.5 Å². The molecule has 1 atom stereocenters. The summed E-state index contributed by atoms with van der Waals surface area (Å²) in [6, 6.07) is 5.29. The van der Waals surface area contributed by atoms with Crippen LogP contribution in [0, 0.1) is 5.92 Å². The van der Waals surface area contributed by atoms with Crippen LogP contribution in [0.4, 0.5) is 5.69 Å². The third kappa shape index (κ3) is 4.20. The number of carbonyl (C=O) groups excluding carboxylic acids is 3. The molecule has 1 saturated carbocycles. The Hall–Kier alpha value is -3.56. The Morgan fingerprint density at radius 1 is 1.18 bits per heavy atom. The Morgan fingerprint density at radius 2 is 1.88 bits per heavy atom. The standard InChI is InChI=1S/C24H30N4O6/c1-4-34-22(32)17-12-18-21(31)28(16-9-10-19(29)20(30)11-16)24(3,13-27(18)26-17)23(33)25-15-7-5-14(2)6-8-15/h9-12,14-15,29-30H,4-8,13H2,1-3H3,(H,25,33). The minimum atomic E-state index is -1.41. The second kappa shape index (κ2) is 9.00. The van der Waals surface area contributed by atoms with E-state index in [4.69, 9.17) is 4.74 Å². The van der Waals surface area contributed by atoms with Gasteiger partial charge in [-0.25, -0.2) is 4.79 Å². The summed E-state index contributed by atoms with van der Waals surface area (Å²) in [5.74, 6) is -1.72. The Balaban J connectivity index is 1.73. The van der Waals surface area contributed by atoms with Crippen molar-refractivity contribution in [2.24, 2.45) is 5.92 Å². The average Bonchev–Trinajstić information content (AvgIpc) is 3.22. The molecular weight excluding hydrogens is 440 g/mol. The summed E-state index contributed by atoms with van der Waals surface area (Å²) in [5, 5.41) is 27.2. The molecule has 1 aromatic carbocycles. The van der Waals surface area contributed by atoms with E-state index in [2.05, 4.69) is 17.3 Å². The lowest BCUT2D eigenvalue weighted by Gasteiger charge is -2.44. The fourth-order valence-corrected chi connectivity index (χ4v) is 4.69. The van der Waals surface area contributed by atoms with Gasteiger partial charge in [0.05, 0.1) is 13.2 Å². The zero-order valence-electron chi connectivity index (χ0n) is 19.6. The van der Waals surface area contributed by atoms with Crippen molar-refractivity contribution in [3.05, 3.63) is 35.7 Å². The highest BCUT2D eigenvalue weighted by molar-refractivity contribution is 6.12. The van der Waals surface area contributed by atoms with Crippen LogP contribution in [0.3, 0.4) is 0 Å². The first-order valence-corrected chi connectivity index (χ1v) is 11.6. The summed E-state index contributed by atoms with van der Waals surface area (Å²) in [6.45, 7) is 5.65. The quantitative estimate of drug-likeness (QED) is 0.452. The number of nitrogens with one attached hydrogen (secondary N) is 1. The van der Waals surface area contributed by atoms with E-state index in [9.17, 15) is 24.6 Å². The van der Waals surface area contributed by atoms with Crippen molar-refractivity contribution in [1.82, 2.24) is 15.1 Å². The maximum Gasteiger partial charge on any atom is 0.358 e. The number of esters is 1. The summed E-state index contributed by atoms with van der Waals surface area (Å²) in [6.07, 6.45) is 3.75. The van der Waals surface area contributed by atoms with E-state index in [1.807, 2.05) is 0 Å². The van der Waals surface area contributed by atoms with E-state index < -0.39 is 23.2 Å². The van der Waals surface area contributed by atoms with Crippen LogP contribution < -0.4 is 10.2 Å². The van der Waals surface area contributed by atoms with Gasteiger partial charge in [0.25, 0.3) is 5.91 Å². The van der Waals surface area contributed by atoms with Crippen LogP contribution in [0.2, 0.25) is 0 Å². The Labute approximate surface area is 197 Å². The molecule has 0 saturated heterocycles. The highest BCUT2D eigenvalue weighted by Gasteiger charge is 2.49. The lowest BCUT2D eigenvalue weighted by molar-refractivity contribution is -0.127. The van der Waals surface area contributed by atoms with E-state index >= 15 is 0 Å². The molecule has 2 amide bonds. The van der Waals surface area contributed by atoms with E-state index in [1.165, 1.54) is 33.8 Å². The molecule has 1 aromatic heterocycles. The summed E-state index contributed by atoms with van der Waals surface area (Å²) in [4.78, 5) is 40.8. The van der Waals surface area contributed by atoms with Crippen LogP contribution in [0.25, 0.3) is 0 Å². The molecule has 2 heterocycles. The number of aromatic nitrogens is 2. The van der Waals surface area contributed by atoms with Crippen LogP contribution in [0.15, 0.2) is 24.3 Å². The summed E-state index contributed by atoms with van der Waals surface area (Å²) >= 11 is 0. The third-order valence-electron chi connectivity index (χ3n) is 6.70. The molecule has 1 aliphatic carbocycles. The van der Waals surface area contributed by atoms with Crippen molar-refractivity contribution in [2.75, 3.05) is 11.5 Å². The Kier molecular flexibility index (Phi) is 6.24. The van der Waals surface area contributed by atoms with Crippen molar-refractivity contribution in [3.63, 3.8) is 0 Å². The lowest BCUT2D eigenvalue weighted by Crippen LogP contribution is -2.65. The molecule has 1 aliphatic heterocycles. The highest BCUT2D eigenvalue weighted by Crippen LogP contribution is 2.37.